The molecule has 1 spiro atoms. The maximum atomic E-state index is 11.3. The number of hydrogen-bond donors (Lipinski definition) is 2. The second-order valence-electron chi connectivity index (χ2n) is 6.12. The molecule has 0 amide bonds. The van der Waals surface area contributed by atoms with Crippen molar-refractivity contribution in [3.05, 3.63) is 41.6 Å². The van der Waals surface area contributed by atoms with E-state index in [4.69, 9.17) is 5.14 Å². The van der Waals surface area contributed by atoms with Crippen LogP contribution in [0.15, 0.2) is 34.7 Å². The summed E-state index contributed by atoms with van der Waals surface area (Å²) >= 11 is 1.09. The number of primary sulfonamides is 1. The third-order valence-electron chi connectivity index (χ3n) is 4.89. The quantitative estimate of drug-likeness (QED) is 0.896. The first kappa shape index (κ1) is 14.2. The number of benzene rings is 1. The van der Waals surface area contributed by atoms with Gasteiger partial charge < -0.3 is 5.32 Å². The normalized spacial score (nSPS) is 26.1. The highest BCUT2D eigenvalue weighted by atomic mass is 32.2. The Labute approximate surface area is 133 Å². The molecule has 1 saturated carbocycles. The largest absolute Gasteiger partial charge is 0.361 e. The zero-order chi connectivity index (χ0) is 15.4. The zero-order valence-corrected chi connectivity index (χ0v) is 13.6. The van der Waals surface area contributed by atoms with E-state index in [1.807, 2.05) is 0 Å². The second-order valence-corrected chi connectivity index (χ2v) is 8.94. The molecule has 1 aromatic heterocycles. The number of rotatable bonds is 4. The number of nitrogens with one attached hydrogen (secondary N) is 1. The van der Waals surface area contributed by atoms with Crippen molar-refractivity contribution in [1.29, 1.82) is 0 Å². The van der Waals surface area contributed by atoms with E-state index in [0.29, 0.717) is 16.5 Å². The molecule has 116 valence electrons. The van der Waals surface area contributed by atoms with Crippen LogP contribution in [0.4, 0.5) is 5.13 Å². The molecular formula is C15H17N3O2S2. The number of sulfonamides is 1. The number of nitrogens with zero attached hydrogens (tertiary/aromatic N) is 1. The van der Waals surface area contributed by atoms with Crippen LogP contribution in [0, 0.1) is 5.92 Å². The first-order chi connectivity index (χ1) is 10.5. The van der Waals surface area contributed by atoms with E-state index >= 15 is 0 Å². The van der Waals surface area contributed by atoms with E-state index in [9.17, 15) is 8.42 Å². The summed E-state index contributed by atoms with van der Waals surface area (Å²) in [7, 11) is -3.65. The molecule has 1 heterocycles. The van der Waals surface area contributed by atoms with Gasteiger partial charge in [0, 0.05) is 12.0 Å². The van der Waals surface area contributed by atoms with Crippen molar-refractivity contribution in [2.45, 2.75) is 28.9 Å². The Kier molecular flexibility index (Phi) is 3.08. The molecule has 22 heavy (non-hydrogen) atoms. The molecule has 7 heteroatoms. The minimum absolute atomic E-state index is 0.103. The number of hydrogen-bond acceptors (Lipinski definition) is 5. The van der Waals surface area contributed by atoms with E-state index in [0.717, 1.165) is 17.9 Å². The zero-order valence-electron chi connectivity index (χ0n) is 12.0. The van der Waals surface area contributed by atoms with Gasteiger partial charge >= 0.3 is 0 Å². The summed E-state index contributed by atoms with van der Waals surface area (Å²) < 4.78 is 22.6. The Morgan fingerprint density at radius 3 is 3.00 bits per heavy atom. The van der Waals surface area contributed by atoms with Gasteiger partial charge in [-0.05, 0) is 36.3 Å². The number of fused-ring (bicyclic) bond motifs is 2. The molecule has 0 saturated heterocycles. The summed E-state index contributed by atoms with van der Waals surface area (Å²) in [5.41, 5.74) is 3.32. The lowest BCUT2D eigenvalue weighted by Gasteiger charge is -2.11. The summed E-state index contributed by atoms with van der Waals surface area (Å²) in [6.07, 6.45) is 4.90. The molecule has 0 aliphatic heterocycles. The average Bonchev–Trinajstić information content (AvgIpc) is 2.84. The highest BCUT2D eigenvalue weighted by Crippen LogP contribution is 2.61. The van der Waals surface area contributed by atoms with Gasteiger partial charge in [-0.15, -0.1) is 0 Å². The summed E-state index contributed by atoms with van der Waals surface area (Å²) in [6, 6.07) is 8.71. The SMILES string of the molecule is NS(=O)(=O)c1cnc(NC[C@@H]2C[C@@]23CCc2ccccc23)s1. The number of nitrogens with two attached hydrogens (primary N) is 1. The Morgan fingerprint density at radius 1 is 1.41 bits per heavy atom. The van der Waals surface area contributed by atoms with Gasteiger partial charge in [-0.1, -0.05) is 35.6 Å². The van der Waals surface area contributed by atoms with Gasteiger partial charge in [0.25, 0.3) is 0 Å². The molecule has 2 aliphatic rings. The predicted octanol–water partition coefficient (Wildman–Crippen LogP) is 2.11. The lowest BCUT2D eigenvalue weighted by molar-refractivity contribution is 0.599. The smallest absolute Gasteiger partial charge is 0.249 e. The third-order valence-corrected chi connectivity index (χ3v) is 7.25. The van der Waals surface area contributed by atoms with E-state index < -0.39 is 10.0 Å². The monoisotopic (exact) mass is 335 g/mol. The molecule has 2 aromatic rings. The van der Waals surface area contributed by atoms with Crippen LogP contribution in [0.5, 0.6) is 0 Å². The Balaban J connectivity index is 1.44. The first-order valence-corrected chi connectivity index (χ1v) is 9.66. The molecule has 4 rings (SSSR count). The van der Waals surface area contributed by atoms with Gasteiger partial charge in [0.05, 0.1) is 6.20 Å². The molecule has 0 bridgehead atoms. The molecular weight excluding hydrogens is 318 g/mol. The highest BCUT2D eigenvalue weighted by Gasteiger charge is 2.57. The fraction of sp³-hybridized carbons (Fsp3) is 0.400. The van der Waals surface area contributed by atoms with Crippen molar-refractivity contribution >= 4 is 26.5 Å². The van der Waals surface area contributed by atoms with Crippen LogP contribution < -0.4 is 10.5 Å². The minimum Gasteiger partial charge on any atom is -0.361 e. The Bertz CT molecular complexity index is 831. The minimum atomic E-state index is -3.65. The summed E-state index contributed by atoms with van der Waals surface area (Å²) in [4.78, 5) is 4.09. The summed E-state index contributed by atoms with van der Waals surface area (Å²) in [5.74, 6) is 0.595. The second kappa shape index (κ2) is 4.78. The Hall–Kier alpha value is -1.44. The maximum absolute atomic E-state index is 11.3. The molecule has 5 nitrogen and oxygen atoms in total. The molecule has 3 N–H and O–H groups in total. The predicted molar refractivity (Wildman–Crippen MR) is 86.5 cm³/mol. The highest BCUT2D eigenvalue weighted by molar-refractivity contribution is 7.91. The van der Waals surface area contributed by atoms with Crippen LogP contribution in [0.2, 0.25) is 0 Å². The van der Waals surface area contributed by atoms with E-state index in [1.165, 1.54) is 36.6 Å². The molecule has 0 unspecified atom stereocenters. The van der Waals surface area contributed by atoms with Gasteiger partial charge in [-0.25, -0.2) is 18.5 Å². The van der Waals surface area contributed by atoms with Gasteiger partial charge in [0.15, 0.2) is 9.34 Å². The third kappa shape index (κ3) is 2.24. The van der Waals surface area contributed by atoms with Gasteiger partial charge in [0.1, 0.15) is 0 Å². The van der Waals surface area contributed by atoms with Crippen LogP contribution in [0.3, 0.4) is 0 Å². The van der Waals surface area contributed by atoms with Crippen LogP contribution in [0.25, 0.3) is 0 Å². The molecule has 2 aliphatic carbocycles. The van der Waals surface area contributed by atoms with Crippen molar-refractivity contribution < 1.29 is 8.42 Å². The fourth-order valence-corrected chi connectivity index (χ4v) is 5.14. The first-order valence-electron chi connectivity index (χ1n) is 7.30. The Morgan fingerprint density at radius 2 is 2.23 bits per heavy atom. The number of aryl methyl sites for hydroxylation is 1. The van der Waals surface area contributed by atoms with Gasteiger partial charge in [-0.3, -0.25) is 0 Å². The van der Waals surface area contributed by atoms with E-state index in [2.05, 4.69) is 34.6 Å². The van der Waals surface area contributed by atoms with Crippen LogP contribution in [-0.2, 0) is 21.9 Å². The van der Waals surface area contributed by atoms with E-state index in [-0.39, 0.29) is 4.21 Å². The maximum Gasteiger partial charge on any atom is 0.249 e. The van der Waals surface area contributed by atoms with Crippen molar-refractivity contribution in [3.8, 4) is 0 Å². The fourth-order valence-electron chi connectivity index (χ4n) is 3.68. The summed E-state index contributed by atoms with van der Waals surface area (Å²) in [5, 5.41) is 8.99. The topological polar surface area (TPSA) is 85.1 Å². The molecule has 1 aromatic carbocycles. The molecule has 2 atom stereocenters. The average molecular weight is 335 g/mol. The lowest BCUT2D eigenvalue weighted by Crippen LogP contribution is -2.12. The number of anilines is 1. The number of thiazole rings is 1. The standard InChI is InChI=1S/C15H17N3O2S2/c16-22(19,20)13-9-18-14(21-13)17-8-11-7-15(11)6-5-10-3-1-2-4-12(10)15/h1-4,9,11H,5-8H2,(H,17,18)(H2,16,19,20)/t11-,15-/m0/s1. The van der Waals surface area contributed by atoms with Gasteiger partial charge in [-0.2, -0.15) is 0 Å². The summed E-state index contributed by atoms with van der Waals surface area (Å²) in [6.45, 7) is 0.825. The molecule has 0 radical (unpaired) electrons. The molecule has 1 fully saturated rings. The lowest BCUT2D eigenvalue weighted by atomic mass is 9.95. The van der Waals surface area contributed by atoms with Crippen molar-refractivity contribution in [2.75, 3.05) is 11.9 Å². The van der Waals surface area contributed by atoms with Crippen molar-refractivity contribution in [3.63, 3.8) is 0 Å². The van der Waals surface area contributed by atoms with Crippen molar-refractivity contribution in [2.24, 2.45) is 11.1 Å². The number of aromatic nitrogens is 1. The van der Waals surface area contributed by atoms with Crippen LogP contribution in [-0.4, -0.2) is 19.9 Å². The van der Waals surface area contributed by atoms with Crippen molar-refractivity contribution in [1.82, 2.24) is 4.98 Å². The van der Waals surface area contributed by atoms with Crippen LogP contribution >= 0.6 is 11.3 Å². The van der Waals surface area contributed by atoms with Gasteiger partial charge in [0.2, 0.25) is 10.0 Å². The van der Waals surface area contributed by atoms with E-state index in [1.54, 1.807) is 0 Å². The van der Waals surface area contributed by atoms with Crippen LogP contribution in [0.1, 0.15) is 24.0 Å².